The van der Waals surface area contributed by atoms with Crippen LogP contribution >= 0.6 is 12.4 Å². The van der Waals surface area contributed by atoms with E-state index in [2.05, 4.69) is 12.2 Å². The number of rotatable bonds is 8. The van der Waals surface area contributed by atoms with E-state index in [1.54, 1.807) is 0 Å². The molecule has 0 aliphatic heterocycles. The fourth-order valence-corrected chi connectivity index (χ4v) is 3.37. The lowest BCUT2D eigenvalue weighted by Crippen LogP contribution is -2.75. The zero-order chi connectivity index (χ0) is 19.5. The minimum absolute atomic E-state index is 0. The van der Waals surface area contributed by atoms with E-state index in [4.69, 9.17) is 15.2 Å². The summed E-state index contributed by atoms with van der Waals surface area (Å²) in [5.41, 5.74) is 7.25. The van der Waals surface area contributed by atoms with Crippen LogP contribution in [0.2, 0.25) is 0 Å². The van der Waals surface area contributed by atoms with E-state index in [-0.39, 0.29) is 30.5 Å². The maximum absolute atomic E-state index is 12.8. The van der Waals surface area contributed by atoms with Crippen molar-refractivity contribution in [3.05, 3.63) is 29.3 Å². The molecule has 1 fully saturated rings. The average Bonchev–Trinajstić information content (AvgIpc) is 2.60. The van der Waals surface area contributed by atoms with Crippen LogP contribution in [-0.2, 0) is 16.1 Å². The minimum Gasteiger partial charge on any atom is -0.490 e. The molecule has 3 atom stereocenters. The second kappa shape index (κ2) is 9.26. The molecule has 1 aromatic carbocycles. The number of nitrogens with two attached hydrogens (primary N) is 1. The molecule has 0 saturated heterocycles. The summed E-state index contributed by atoms with van der Waals surface area (Å²) in [6.07, 6.45) is 1.62. The standard InChI is InChI=1S/C21H34N2O3.ClH/c1-7-15(4)26-17-11-14(3)9-10-16(17)13-23-19(24)21(22)12-18(25-8-2)20(21,5)6;/h9-11,15,18H,7-8,12-13,22H2,1-6H3,(H,23,24);1H. The van der Waals surface area contributed by atoms with Gasteiger partial charge in [-0.05, 0) is 38.8 Å². The molecule has 1 amide bonds. The summed E-state index contributed by atoms with van der Waals surface area (Å²) < 4.78 is 11.7. The van der Waals surface area contributed by atoms with Crippen molar-refractivity contribution in [3.63, 3.8) is 0 Å². The normalized spacial score (nSPS) is 24.3. The Bertz CT molecular complexity index is 650. The summed E-state index contributed by atoms with van der Waals surface area (Å²) in [6.45, 7) is 13.2. The van der Waals surface area contributed by atoms with Gasteiger partial charge in [0.25, 0.3) is 0 Å². The van der Waals surface area contributed by atoms with E-state index >= 15 is 0 Å². The zero-order valence-electron chi connectivity index (χ0n) is 17.4. The molecule has 0 spiro atoms. The monoisotopic (exact) mass is 398 g/mol. The van der Waals surface area contributed by atoms with Crippen LogP contribution in [0.5, 0.6) is 5.75 Å². The highest BCUT2D eigenvalue weighted by molar-refractivity contribution is 5.88. The number of benzene rings is 1. The third-order valence-corrected chi connectivity index (χ3v) is 5.80. The van der Waals surface area contributed by atoms with Gasteiger partial charge in [0.05, 0.1) is 12.2 Å². The summed E-state index contributed by atoms with van der Waals surface area (Å²) >= 11 is 0. The van der Waals surface area contributed by atoms with Crippen LogP contribution in [0.4, 0.5) is 0 Å². The van der Waals surface area contributed by atoms with Gasteiger partial charge in [-0.1, -0.05) is 32.9 Å². The summed E-state index contributed by atoms with van der Waals surface area (Å²) in [7, 11) is 0. The first-order valence-electron chi connectivity index (χ1n) is 9.60. The Kier molecular flexibility index (Phi) is 8.14. The number of hydrogen-bond donors (Lipinski definition) is 2. The summed E-state index contributed by atoms with van der Waals surface area (Å²) in [4.78, 5) is 12.8. The van der Waals surface area contributed by atoms with Crippen molar-refractivity contribution in [1.29, 1.82) is 0 Å². The molecule has 154 valence electrons. The lowest BCUT2D eigenvalue weighted by atomic mass is 9.54. The van der Waals surface area contributed by atoms with Crippen LogP contribution in [0.1, 0.15) is 58.6 Å². The Morgan fingerprint density at radius 3 is 2.59 bits per heavy atom. The van der Waals surface area contributed by atoms with Crippen molar-refractivity contribution in [3.8, 4) is 5.75 Å². The van der Waals surface area contributed by atoms with E-state index in [0.29, 0.717) is 19.6 Å². The molecule has 1 aromatic rings. The molecule has 3 unspecified atom stereocenters. The number of halogens is 1. The number of carbonyl (C=O) groups excluding carboxylic acids is 1. The van der Waals surface area contributed by atoms with Gasteiger partial charge in [0.2, 0.25) is 5.91 Å². The highest BCUT2D eigenvalue weighted by atomic mass is 35.5. The molecule has 1 aliphatic carbocycles. The first-order chi connectivity index (χ1) is 12.2. The van der Waals surface area contributed by atoms with Crippen molar-refractivity contribution in [2.45, 2.75) is 78.7 Å². The lowest BCUT2D eigenvalue weighted by Gasteiger charge is -2.57. The van der Waals surface area contributed by atoms with Gasteiger partial charge in [-0.2, -0.15) is 0 Å². The summed E-state index contributed by atoms with van der Waals surface area (Å²) in [5.74, 6) is 0.694. The second-order valence-corrected chi connectivity index (χ2v) is 7.97. The van der Waals surface area contributed by atoms with E-state index in [1.165, 1.54) is 0 Å². The van der Waals surface area contributed by atoms with Crippen molar-refractivity contribution < 1.29 is 14.3 Å². The first kappa shape index (κ1) is 23.7. The first-order valence-corrected chi connectivity index (χ1v) is 9.60. The van der Waals surface area contributed by atoms with Gasteiger partial charge >= 0.3 is 0 Å². The smallest absolute Gasteiger partial charge is 0.241 e. The van der Waals surface area contributed by atoms with E-state index in [1.807, 2.05) is 52.8 Å². The number of amides is 1. The van der Waals surface area contributed by atoms with E-state index in [0.717, 1.165) is 23.3 Å². The molecule has 27 heavy (non-hydrogen) atoms. The quantitative estimate of drug-likeness (QED) is 0.699. The maximum atomic E-state index is 12.8. The molecular weight excluding hydrogens is 364 g/mol. The van der Waals surface area contributed by atoms with Crippen molar-refractivity contribution in [2.24, 2.45) is 11.1 Å². The molecule has 6 heteroatoms. The Morgan fingerprint density at radius 2 is 2.04 bits per heavy atom. The summed E-state index contributed by atoms with van der Waals surface area (Å²) in [5, 5.41) is 3.01. The SMILES string of the molecule is CCOC1CC(N)(C(=O)NCc2ccc(C)cc2OC(C)CC)C1(C)C.Cl. The van der Waals surface area contributed by atoms with Gasteiger partial charge < -0.3 is 20.5 Å². The fourth-order valence-electron chi connectivity index (χ4n) is 3.37. The topological polar surface area (TPSA) is 73.6 Å². The number of ether oxygens (including phenoxy) is 2. The van der Waals surface area contributed by atoms with Crippen LogP contribution in [-0.4, -0.2) is 30.3 Å². The Labute approximate surface area is 169 Å². The lowest BCUT2D eigenvalue weighted by molar-refractivity contribution is -0.170. The predicted molar refractivity (Wildman–Crippen MR) is 111 cm³/mol. The van der Waals surface area contributed by atoms with Gasteiger partial charge in [-0.3, -0.25) is 4.79 Å². The third-order valence-electron chi connectivity index (χ3n) is 5.80. The van der Waals surface area contributed by atoms with Crippen LogP contribution in [0, 0.1) is 12.3 Å². The second-order valence-electron chi connectivity index (χ2n) is 7.97. The molecular formula is C21H35ClN2O3. The fraction of sp³-hybridized carbons (Fsp3) is 0.667. The van der Waals surface area contributed by atoms with Crippen molar-refractivity contribution in [1.82, 2.24) is 5.32 Å². The average molecular weight is 399 g/mol. The number of nitrogens with one attached hydrogen (secondary N) is 1. The van der Waals surface area contributed by atoms with E-state index in [9.17, 15) is 4.79 Å². The molecule has 0 aromatic heterocycles. The van der Waals surface area contributed by atoms with Crippen LogP contribution in [0.25, 0.3) is 0 Å². The molecule has 3 N–H and O–H groups in total. The third kappa shape index (κ3) is 4.76. The van der Waals surface area contributed by atoms with Crippen LogP contribution in [0.15, 0.2) is 18.2 Å². The van der Waals surface area contributed by atoms with Crippen LogP contribution < -0.4 is 15.8 Å². The number of carbonyl (C=O) groups is 1. The molecule has 0 bridgehead atoms. The van der Waals surface area contributed by atoms with Gasteiger partial charge in [0.1, 0.15) is 11.3 Å². The van der Waals surface area contributed by atoms with Crippen LogP contribution in [0.3, 0.4) is 0 Å². The van der Waals surface area contributed by atoms with Gasteiger partial charge in [-0.25, -0.2) is 0 Å². The van der Waals surface area contributed by atoms with Crippen molar-refractivity contribution in [2.75, 3.05) is 6.61 Å². The predicted octanol–water partition coefficient (Wildman–Crippen LogP) is 3.74. The Morgan fingerprint density at radius 1 is 1.37 bits per heavy atom. The largest absolute Gasteiger partial charge is 0.490 e. The van der Waals surface area contributed by atoms with Crippen molar-refractivity contribution >= 4 is 18.3 Å². The maximum Gasteiger partial charge on any atom is 0.241 e. The molecule has 1 saturated carbocycles. The molecule has 0 heterocycles. The zero-order valence-corrected chi connectivity index (χ0v) is 18.2. The molecule has 0 radical (unpaired) electrons. The molecule has 5 nitrogen and oxygen atoms in total. The Hall–Kier alpha value is -1.30. The van der Waals surface area contributed by atoms with Gasteiger partial charge in [-0.15, -0.1) is 12.4 Å². The van der Waals surface area contributed by atoms with Gasteiger partial charge in [0.15, 0.2) is 0 Å². The Balaban J connectivity index is 0.00000364. The van der Waals surface area contributed by atoms with Gasteiger partial charge in [0, 0.05) is 30.6 Å². The highest BCUT2D eigenvalue weighted by Gasteiger charge is 2.62. The highest BCUT2D eigenvalue weighted by Crippen LogP contribution is 2.49. The molecule has 1 aliphatic rings. The molecule has 2 rings (SSSR count). The summed E-state index contributed by atoms with van der Waals surface area (Å²) in [6, 6.07) is 6.05. The number of aryl methyl sites for hydroxylation is 1. The number of hydrogen-bond acceptors (Lipinski definition) is 4. The van der Waals surface area contributed by atoms with E-state index < -0.39 is 11.0 Å². The minimum atomic E-state index is -0.907.